The standard InChI is InChI=1S/C17H21Cl2FN4O/c1-17(2,3)24-9-11(21-22-24)8-23-4-5-25-16(10-23)12-6-15(20)14(19)7-13(12)18/h6-7,9,16H,4-5,8,10H2,1-3H3. The van der Waals surface area contributed by atoms with Crippen LogP contribution in [0.2, 0.25) is 10.0 Å². The Morgan fingerprint density at radius 1 is 1.28 bits per heavy atom. The highest BCUT2D eigenvalue weighted by Gasteiger charge is 2.26. The lowest BCUT2D eigenvalue weighted by Crippen LogP contribution is -2.38. The molecule has 25 heavy (non-hydrogen) atoms. The number of morpholine rings is 1. The molecule has 0 spiro atoms. The summed E-state index contributed by atoms with van der Waals surface area (Å²) < 4.78 is 21.4. The molecule has 0 amide bonds. The summed E-state index contributed by atoms with van der Waals surface area (Å²) in [6.07, 6.45) is 1.66. The Hall–Kier alpha value is -1.21. The molecule has 1 aliphatic rings. The number of hydrogen-bond acceptors (Lipinski definition) is 4. The van der Waals surface area contributed by atoms with E-state index in [1.807, 2.05) is 10.9 Å². The smallest absolute Gasteiger partial charge is 0.142 e. The summed E-state index contributed by atoms with van der Waals surface area (Å²) in [6, 6.07) is 2.78. The minimum atomic E-state index is -0.491. The van der Waals surface area contributed by atoms with Crippen molar-refractivity contribution in [3.63, 3.8) is 0 Å². The van der Waals surface area contributed by atoms with Crippen LogP contribution in [0.4, 0.5) is 4.39 Å². The van der Waals surface area contributed by atoms with Crippen LogP contribution in [0.25, 0.3) is 0 Å². The van der Waals surface area contributed by atoms with Gasteiger partial charge in [0.1, 0.15) is 5.82 Å². The van der Waals surface area contributed by atoms with Gasteiger partial charge in [-0.2, -0.15) is 0 Å². The molecule has 2 heterocycles. The zero-order chi connectivity index (χ0) is 18.2. The molecule has 0 saturated carbocycles. The maximum absolute atomic E-state index is 13.8. The molecule has 1 aromatic heterocycles. The number of nitrogens with zero attached hydrogens (tertiary/aromatic N) is 4. The highest BCUT2D eigenvalue weighted by molar-refractivity contribution is 6.35. The van der Waals surface area contributed by atoms with Crippen molar-refractivity contribution in [2.24, 2.45) is 0 Å². The van der Waals surface area contributed by atoms with E-state index in [1.165, 1.54) is 12.1 Å². The Kier molecular flexibility index (Phi) is 5.34. The molecule has 0 bridgehead atoms. The van der Waals surface area contributed by atoms with Gasteiger partial charge in [0.25, 0.3) is 0 Å². The lowest BCUT2D eigenvalue weighted by atomic mass is 10.1. The molecular weight excluding hydrogens is 366 g/mol. The Morgan fingerprint density at radius 3 is 2.72 bits per heavy atom. The Bertz CT molecular complexity index is 760. The molecule has 0 N–H and O–H groups in total. The van der Waals surface area contributed by atoms with E-state index in [1.54, 1.807) is 0 Å². The predicted molar refractivity (Wildman–Crippen MR) is 95.4 cm³/mol. The van der Waals surface area contributed by atoms with Crippen LogP contribution < -0.4 is 0 Å². The van der Waals surface area contributed by atoms with Gasteiger partial charge in [-0.25, -0.2) is 9.07 Å². The normalized spacial score (nSPS) is 19.4. The summed E-state index contributed by atoms with van der Waals surface area (Å²) in [7, 11) is 0. The molecule has 1 unspecified atom stereocenters. The summed E-state index contributed by atoms with van der Waals surface area (Å²) in [5.41, 5.74) is 1.41. The van der Waals surface area contributed by atoms with Gasteiger partial charge >= 0.3 is 0 Å². The molecule has 1 aliphatic heterocycles. The van der Waals surface area contributed by atoms with Crippen LogP contribution in [0.5, 0.6) is 0 Å². The Balaban J connectivity index is 1.71. The summed E-state index contributed by atoms with van der Waals surface area (Å²) in [5, 5.41) is 8.86. The third-order valence-electron chi connectivity index (χ3n) is 4.15. The minimum Gasteiger partial charge on any atom is -0.371 e. The van der Waals surface area contributed by atoms with Crippen molar-refractivity contribution in [1.82, 2.24) is 19.9 Å². The van der Waals surface area contributed by atoms with Crippen LogP contribution in [0.15, 0.2) is 18.3 Å². The average Bonchev–Trinajstić information content (AvgIpc) is 3.00. The maximum Gasteiger partial charge on any atom is 0.142 e. The van der Waals surface area contributed by atoms with Gasteiger partial charge < -0.3 is 4.74 Å². The first-order valence-electron chi connectivity index (χ1n) is 8.14. The van der Waals surface area contributed by atoms with Gasteiger partial charge in [-0.15, -0.1) is 5.10 Å². The summed E-state index contributed by atoms with van der Waals surface area (Å²) in [4.78, 5) is 2.20. The van der Waals surface area contributed by atoms with Crippen LogP contribution in [0.1, 0.15) is 38.1 Å². The number of ether oxygens (including phenoxy) is 1. The Morgan fingerprint density at radius 2 is 2.04 bits per heavy atom. The Labute approximate surface area is 156 Å². The fourth-order valence-electron chi connectivity index (χ4n) is 2.75. The molecule has 0 radical (unpaired) electrons. The lowest BCUT2D eigenvalue weighted by Gasteiger charge is -2.33. The zero-order valence-electron chi connectivity index (χ0n) is 14.5. The second-order valence-electron chi connectivity index (χ2n) is 7.21. The number of rotatable bonds is 3. The molecule has 1 atom stereocenters. The van der Waals surface area contributed by atoms with Crippen LogP contribution in [0.3, 0.4) is 0 Å². The molecule has 1 fully saturated rings. The molecule has 2 aromatic rings. The van der Waals surface area contributed by atoms with Gasteiger partial charge in [0.15, 0.2) is 0 Å². The first-order chi connectivity index (χ1) is 11.7. The highest BCUT2D eigenvalue weighted by Crippen LogP contribution is 2.32. The molecule has 136 valence electrons. The van der Waals surface area contributed by atoms with E-state index in [2.05, 4.69) is 36.0 Å². The first kappa shape index (κ1) is 18.6. The van der Waals surface area contributed by atoms with E-state index in [4.69, 9.17) is 27.9 Å². The van der Waals surface area contributed by atoms with Crippen molar-refractivity contribution in [2.45, 2.75) is 39.0 Å². The van der Waals surface area contributed by atoms with E-state index in [-0.39, 0.29) is 16.7 Å². The van der Waals surface area contributed by atoms with Crippen molar-refractivity contribution >= 4 is 23.2 Å². The first-order valence-corrected chi connectivity index (χ1v) is 8.90. The van der Waals surface area contributed by atoms with Crippen molar-refractivity contribution in [3.8, 4) is 0 Å². The molecule has 3 rings (SSSR count). The largest absolute Gasteiger partial charge is 0.371 e. The topological polar surface area (TPSA) is 43.2 Å². The summed E-state index contributed by atoms with van der Waals surface area (Å²) >= 11 is 12.0. The number of halogens is 3. The third-order valence-corrected chi connectivity index (χ3v) is 4.77. The SMILES string of the molecule is CC(C)(C)n1cc(CN2CCOC(c3cc(F)c(Cl)cc3Cl)C2)nn1. The fraction of sp³-hybridized carbons (Fsp3) is 0.529. The van der Waals surface area contributed by atoms with Crippen LogP contribution >= 0.6 is 23.2 Å². The molecule has 8 heteroatoms. The third kappa shape index (κ3) is 4.31. The molecule has 5 nitrogen and oxygen atoms in total. The summed E-state index contributed by atoms with van der Waals surface area (Å²) in [5.74, 6) is -0.491. The maximum atomic E-state index is 13.8. The molecule has 0 aliphatic carbocycles. The number of aromatic nitrogens is 3. The van der Waals surface area contributed by atoms with Gasteiger partial charge in [0, 0.05) is 30.2 Å². The number of benzene rings is 1. The van der Waals surface area contributed by atoms with Crippen LogP contribution in [-0.4, -0.2) is 39.6 Å². The van der Waals surface area contributed by atoms with Crippen molar-refractivity contribution in [3.05, 3.63) is 45.4 Å². The van der Waals surface area contributed by atoms with E-state index in [9.17, 15) is 4.39 Å². The lowest BCUT2D eigenvalue weighted by molar-refractivity contribution is -0.0333. The van der Waals surface area contributed by atoms with Gasteiger partial charge in [0.2, 0.25) is 0 Å². The van der Waals surface area contributed by atoms with Crippen LogP contribution in [0, 0.1) is 5.82 Å². The fourth-order valence-corrected chi connectivity index (χ4v) is 3.25. The van der Waals surface area contributed by atoms with Gasteiger partial charge in [-0.3, -0.25) is 4.90 Å². The minimum absolute atomic E-state index is 0.0141. The zero-order valence-corrected chi connectivity index (χ0v) is 16.0. The highest BCUT2D eigenvalue weighted by atomic mass is 35.5. The van der Waals surface area contributed by atoms with Crippen LogP contribution in [-0.2, 0) is 16.8 Å². The van der Waals surface area contributed by atoms with E-state index < -0.39 is 5.82 Å². The second-order valence-corrected chi connectivity index (χ2v) is 8.02. The van der Waals surface area contributed by atoms with Crippen molar-refractivity contribution in [1.29, 1.82) is 0 Å². The molecule has 1 saturated heterocycles. The predicted octanol–water partition coefficient (Wildman–Crippen LogP) is 4.05. The molecule has 1 aromatic carbocycles. The quantitative estimate of drug-likeness (QED) is 0.746. The van der Waals surface area contributed by atoms with Crippen molar-refractivity contribution in [2.75, 3.05) is 19.7 Å². The van der Waals surface area contributed by atoms with E-state index in [0.29, 0.717) is 30.3 Å². The second kappa shape index (κ2) is 7.19. The average molecular weight is 387 g/mol. The van der Waals surface area contributed by atoms with E-state index >= 15 is 0 Å². The van der Waals surface area contributed by atoms with E-state index in [0.717, 1.165) is 12.2 Å². The molecular formula is C17H21Cl2FN4O. The monoisotopic (exact) mass is 386 g/mol. The van der Waals surface area contributed by atoms with Gasteiger partial charge in [-0.1, -0.05) is 28.4 Å². The van der Waals surface area contributed by atoms with Gasteiger partial charge in [-0.05, 0) is 32.9 Å². The van der Waals surface area contributed by atoms with Gasteiger partial charge in [0.05, 0.1) is 35.2 Å². The number of hydrogen-bond donors (Lipinski definition) is 0. The van der Waals surface area contributed by atoms with Crippen molar-refractivity contribution < 1.29 is 9.13 Å². The summed E-state index contributed by atoms with van der Waals surface area (Å²) in [6.45, 7) is 8.80.